The highest BCUT2D eigenvalue weighted by atomic mass is 35.5. The summed E-state index contributed by atoms with van der Waals surface area (Å²) in [6.07, 6.45) is 3.89. The van der Waals surface area contributed by atoms with Crippen molar-refractivity contribution in [1.82, 2.24) is 0 Å². The van der Waals surface area contributed by atoms with Gasteiger partial charge in [-0.25, -0.2) is 8.42 Å². The minimum absolute atomic E-state index is 0.0224. The lowest BCUT2D eigenvalue weighted by Crippen LogP contribution is -2.34. The first-order valence-corrected chi connectivity index (χ1v) is 9.80. The van der Waals surface area contributed by atoms with Crippen molar-refractivity contribution in [3.05, 3.63) is 33.8 Å². The molecule has 0 aromatic heterocycles. The topological polar surface area (TPSA) is 54.4 Å². The first-order valence-electron chi connectivity index (χ1n) is 7.09. The number of rotatable bonds is 4. The molecule has 1 aromatic rings. The molecule has 3 atom stereocenters. The van der Waals surface area contributed by atoms with Crippen LogP contribution in [-0.2, 0) is 16.3 Å². The van der Waals surface area contributed by atoms with E-state index in [1.54, 1.807) is 18.2 Å². The van der Waals surface area contributed by atoms with Gasteiger partial charge in [-0.3, -0.25) is 0 Å². The standard InChI is InChI=1S/C15H20Cl2O3S/c1-21(19,20)11-5-2-4-10(8-11)15(18)9-12-13(16)6-3-7-14(12)17/h3,6-7,10-11,15,18H,2,4-5,8-9H2,1H3. The fraction of sp³-hybridized carbons (Fsp3) is 0.600. The van der Waals surface area contributed by atoms with E-state index in [1.165, 1.54) is 6.26 Å². The molecule has 6 heteroatoms. The second kappa shape index (κ2) is 6.86. The maximum atomic E-state index is 11.7. The lowest BCUT2D eigenvalue weighted by molar-refractivity contribution is 0.0860. The van der Waals surface area contributed by atoms with Crippen molar-refractivity contribution in [3.8, 4) is 0 Å². The van der Waals surface area contributed by atoms with Gasteiger partial charge >= 0.3 is 0 Å². The maximum Gasteiger partial charge on any atom is 0.150 e. The zero-order chi connectivity index (χ0) is 15.6. The van der Waals surface area contributed by atoms with E-state index in [0.29, 0.717) is 29.3 Å². The van der Waals surface area contributed by atoms with Crippen LogP contribution in [0.5, 0.6) is 0 Å². The predicted molar refractivity (Wildman–Crippen MR) is 86.8 cm³/mol. The Hall–Kier alpha value is -0.290. The van der Waals surface area contributed by atoms with Gasteiger partial charge in [-0.2, -0.15) is 0 Å². The summed E-state index contributed by atoms with van der Waals surface area (Å²) in [6.45, 7) is 0. The van der Waals surface area contributed by atoms with Crippen LogP contribution in [0.15, 0.2) is 18.2 Å². The minimum atomic E-state index is -3.04. The second-order valence-electron chi connectivity index (χ2n) is 5.85. The van der Waals surface area contributed by atoms with E-state index in [9.17, 15) is 13.5 Å². The molecular formula is C15H20Cl2O3S. The summed E-state index contributed by atoms with van der Waals surface area (Å²) >= 11 is 12.2. The zero-order valence-corrected chi connectivity index (χ0v) is 14.3. The summed E-state index contributed by atoms with van der Waals surface area (Å²) in [5.74, 6) is -0.0224. The van der Waals surface area contributed by atoms with Crippen molar-refractivity contribution in [2.75, 3.05) is 6.26 Å². The smallest absolute Gasteiger partial charge is 0.150 e. The highest BCUT2D eigenvalue weighted by Crippen LogP contribution is 2.34. The first kappa shape index (κ1) is 17.1. The van der Waals surface area contributed by atoms with Gasteiger partial charge in [0.2, 0.25) is 0 Å². The minimum Gasteiger partial charge on any atom is -0.392 e. The Morgan fingerprint density at radius 2 is 1.90 bits per heavy atom. The van der Waals surface area contributed by atoms with Crippen LogP contribution in [0, 0.1) is 5.92 Å². The Bertz CT molecular complexity index is 581. The van der Waals surface area contributed by atoms with Crippen molar-refractivity contribution in [2.45, 2.75) is 43.5 Å². The number of halogens is 2. The summed E-state index contributed by atoms with van der Waals surface area (Å²) in [5.41, 5.74) is 0.731. The van der Waals surface area contributed by atoms with Crippen LogP contribution in [0.1, 0.15) is 31.2 Å². The van der Waals surface area contributed by atoms with Crippen LogP contribution < -0.4 is 0 Å². The van der Waals surface area contributed by atoms with Gasteiger partial charge in [0.15, 0.2) is 0 Å². The van der Waals surface area contributed by atoms with Crippen LogP contribution in [-0.4, -0.2) is 31.1 Å². The average molecular weight is 351 g/mol. The van der Waals surface area contributed by atoms with Crippen LogP contribution in [0.2, 0.25) is 10.0 Å². The number of aliphatic hydroxyl groups excluding tert-OH is 1. The molecule has 21 heavy (non-hydrogen) atoms. The number of aliphatic hydroxyl groups is 1. The van der Waals surface area contributed by atoms with Gasteiger partial charge < -0.3 is 5.11 Å². The third kappa shape index (κ3) is 4.35. The van der Waals surface area contributed by atoms with E-state index < -0.39 is 15.9 Å². The molecule has 0 aliphatic heterocycles. The lowest BCUT2D eigenvalue weighted by Gasteiger charge is -2.31. The molecule has 1 fully saturated rings. The normalized spacial score (nSPS) is 24.8. The van der Waals surface area contributed by atoms with Crippen molar-refractivity contribution in [3.63, 3.8) is 0 Å². The summed E-state index contributed by atoms with van der Waals surface area (Å²) in [6, 6.07) is 5.26. The van der Waals surface area contributed by atoms with Crippen LogP contribution >= 0.6 is 23.2 Å². The molecule has 1 aliphatic rings. The Balaban J connectivity index is 2.08. The van der Waals surface area contributed by atoms with Gasteiger partial charge in [-0.15, -0.1) is 0 Å². The molecule has 3 nitrogen and oxygen atoms in total. The molecule has 0 spiro atoms. The third-order valence-corrected chi connectivity index (χ3v) is 6.64. The number of hydrogen-bond acceptors (Lipinski definition) is 3. The molecular weight excluding hydrogens is 331 g/mol. The molecule has 2 rings (SSSR count). The Labute approximate surface area is 136 Å². The molecule has 0 saturated heterocycles. The van der Waals surface area contributed by atoms with Gasteiger partial charge in [0.25, 0.3) is 0 Å². The quantitative estimate of drug-likeness (QED) is 0.903. The summed E-state index contributed by atoms with van der Waals surface area (Å²) in [7, 11) is -3.04. The third-order valence-electron chi connectivity index (χ3n) is 4.29. The number of sulfone groups is 1. The van der Waals surface area contributed by atoms with Crippen molar-refractivity contribution in [2.24, 2.45) is 5.92 Å². The molecule has 1 saturated carbocycles. The number of hydrogen-bond donors (Lipinski definition) is 1. The van der Waals surface area contributed by atoms with E-state index in [2.05, 4.69) is 0 Å². The molecule has 0 amide bonds. The number of benzene rings is 1. The molecule has 118 valence electrons. The largest absolute Gasteiger partial charge is 0.392 e. The van der Waals surface area contributed by atoms with Crippen molar-refractivity contribution in [1.29, 1.82) is 0 Å². The van der Waals surface area contributed by atoms with Crippen molar-refractivity contribution < 1.29 is 13.5 Å². The zero-order valence-electron chi connectivity index (χ0n) is 11.9. The van der Waals surface area contributed by atoms with Gasteiger partial charge in [0.05, 0.1) is 11.4 Å². The van der Waals surface area contributed by atoms with Gasteiger partial charge in [-0.1, -0.05) is 35.7 Å². The SMILES string of the molecule is CS(=O)(=O)C1CCCC(C(O)Cc2c(Cl)cccc2Cl)C1. The predicted octanol–water partition coefficient (Wildman–Crippen LogP) is 3.50. The Morgan fingerprint density at radius 3 is 2.48 bits per heavy atom. The van der Waals surface area contributed by atoms with Crippen LogP contribution in [0.4, 0.5) is 0 Å². The van der Waals surface area contributed by atoms with Gasteiger partial charge in [-0.05, 0) is 42.9 Å². The molecule has 1 aromatic carbocycles. The molecule has 0 heterocycles. The van der Waals surface area contributed by atoms with Gasteiger partial charge in [0, 0.05) is 22.7 Å². The first-order chi connectivity index (χ1) is 9.79. The summed E-state index contributed by atoms with van der Waals surface area (Å²) in [4.78, 5) is 0. The van der Waals surface area contributed by atoms with Crippen LogP contribution in [0.25, 0.3) is 0 Å². The highest BCUT2D eigenvalue weighted by Gasteiger charge is 2.32. The second-order valence-corrected chi connectivity index (χ2v) is 8.99. The average Bonchev–Trinajstić information content (AvgIpc) is 2.42. The fourth-order valence-electron chi connectivity index (χ4n) is 3.02. The highest BCUT2D eigenvalue weighted by molar-refractivity contribution is 7.91. The monoisotopic (exact) mass is 350 g/mol. The Kier molecular flexibility index (Phi) is 5.58. The van der Waals surface area contributed by atoms with E-state index in [0.717, 1.165) is 18.4 Å². The molecule has 1 N–H and O–H groups in total. The Morgan fingerprint density at radius 1 is 1.29 bits per heavy atom. The summed E-state index contributed by atoms with van der Waals surface area (Å²) in [5, 5.41) is 11.2. The van der Waals surface area contributed by atoms with E-state index in [1.807, 2.05) is 0 Å². The van der Waals surface area contributed by atoms with E-state index >= 15 is 0 Å². The molecule has 3 unspecified atom stereocenters. The molecule has 1 aliphatic carbocycles. The fourth-order valence-corrected chi connectivity index (χ4v) is 4.77. The lowest BCUT2D eigenvalue weighted by atomic mass is 9.83. The van der Waals surface area contributed by atoms with Crippen molar-refractivity contribution >= 4 is 33.0 Å². The van der Waals surface area contributed by atoms with Gasteiger partial charge in [0.1, 0.15) is 9.84 Å². The van der Waals surface area contributed by atoms with E-state index in [-0.39, 0.29) is 11.2 Å². The maximum absolute atomic E-state index is 11.7. The van der Waals surface area contributed by atoms with Crippen LogP contribution in [0.3, 0.4) is 0 Å². The van der Waals surface area contributed by atoms with E-state index in [4.69, 9.17) is 23.2 Å². The molecule has 0 bridgehead atoms. The summed E-state index contributed by atoms with van der Waals surface area (Å²) < 4.78 is 23.4. The molecule has 0 radical (unpaired) electrons.